The molecule has 0 radical (unpaired) electrons. The molecule has 1 atom stereocenters. The van der Waals surface area contributed by atoms with Crippen molar-refractivity contribution in [1.82, 2.24) is 4.90 Å². The van der Waals surface area contributed by atoms with Crippen molar-refractivity contribution in [2.75, 3.05) is 11.9 Å². The second-order valence-electron chi connectivity index (χ2n) is 6.10. The van der Waals surface area contributed by atoms with Gasteiger partial charge in [0.05, 0.1) is 12.1 Å². The van der Waals surface area contributed by atoms with Crippen LogP contribution in [0.5, 0.6) is 0 Å². The van der Waals surface area contributed by atoms with Gasteiger partial charge in [0.2, 0.25) is 0 Å². The number of benzene rings is 2. The molecule has 1 aliphatic rings. The summed E-state index contributed by atoms with van der Waals surface area (Å²) in [5, 5.41) is 2.61. The molecule has 0 aliphatic carbocycles. The van der Waals surface area contributed by atoms with Gasteiger partial charge in [-0.2, -0.15) is 0 Å². The monoisotopic (exact) mass is 348 g/mol. The minimum Gasteiger partial charge on any atom is -0.307 e. The highest BCUT2D eigenvalue weighted by molar-refractivity contribution is 5.94. The van der Waals surface area contributed by atoms with Gasteiger partial charge in [-0.15, -0.1) is 0 Å². The highest BCUT2D eigenvalue weighted by Crippen LogP contribution is 2.46. The molecule has 0 spiro atoms. The van der Waals surface area contributed by atoms with Crippen molar-refractivity contribution in [3.05, 3.63) is 65.5 Å². The van der Waals surface area contributed by atoms with Gasteiger partial charge in [-0.1, -0.05) is 43.7 Å². The Morgan fingerprint density at radius 3 is 2.52 bits per heavy atom. The zero-order chi connectivity index (χ0) is 18.0. The molecule has 132 valence electrons. The predicted octanol–water partition coefficient (Wildman–Crippen LogP) is 4.98. The van der Waals surface area contributed by atoms with Crippen LogP contribution in [-0.2, 0) is 5.54 Å². The van der Waals surface area contributed by atoms with E-state index in [0.29, 0.717) is 29.7 Å². The van der Waals surface area contributed by atoms with Crippen LogP contribution >= 0.6 is 0 Å². The Labute approximate surface area is 144 Å². The number of amides is 2. The molecule has 0 saturated carbocycles. The summed E-state index contributed by atoms with van der Waals surface area (Å²) in [6.45, 7) is 1.19. The highest BCUT2D eigenvalue weighted by Gasteiger charge is 2.47. The maximum Gasteiger partial charge on any atom is 0.323 e. The molecular formula is C19H19F3N2O. The maximum atomic E-state index is 14.0. The van der Waals surface area contributed by atoms with Crippen LogP contribution in [0.4, 0.5) is 23.7 Å². The third kappa shape index (κ3) is 2.97. The number of fused-ring (bicyclic) bond motifs is 1. The first-order chi connectivity index (χ1) is 12.0. The SMILES string of the molecule is CCCC1(c2ccccc2)c2cc(F)ccc2NC(=O)N1CC(F)F. The number of nitrogens with zero attached hydrogens (tertiary/aromatic N) is 1. The molecular weight excluding hydrogens is 329 g/mol. The van der Waals surface area contributed by atoms with Crippen molar-refractivity contribution in [3.8, 4) is 0 Å². The topological polar surface area (TPSA) is 32.3 Å². The van der Waals surface area contributed by atoms with Crippen LogP contribution in [0.1, 0.15) is 30.9 Å². The lowest BCUT2D eigenvalue weighted by Crippen LogP contribution is -2.56. The number of hydrogen-bond donors (Lipinski definition) is 1. The molecule has 0 saturated heterocycles. The van der Waals surface area contributed by atoms with Crippen molar-refractivity contribution < 1.29 is 18.0 Å². The molecule has 6 heteroatoms. The predicted molar refractivity (Wildman–Crippen MR) is 90.3 cm³/mol. The first-order valence-electron chi connectivity index (χ1n) is 8.21. The van der Waals surface area contributed by atoms with Gasteiger partial charge >= 0.3 is 6.03 Å². The van der Waals surface area contributed by atoms with Gasteiger partial charge in [-0.3, -0.25) is 0 Å². The molecule has 0 bridgehead atoms. The molecule has 3 rings (SSSR count). The van der Waals surface area contributed by atoms with Crippen LogP contribution in [0, 0.1) is 5.82 Å². The van der Waals surface area contributed by atoms with E-state index in [1.165, 1.54) is 18.2 Å². The van der Waals surface area contributed by atoms with E-state index in [9.17, 15) is 18.0 Å². The zero-order valence-corrected chi connectivity index (χ0v) is 13.8. The summed E-state index contributed by atoms with van der Waals surface area (Å²) >= 11 is 0. The molecule has 1 unspecified atom stereocenters. The van der Waals surface area contributed by atoms with E-state index in [4.69, 9.17) is 0 Å². The van der Waals surface area contributed by atoms with Gasteiger partial charge in [0.25, 0.3) is 6.43 Å². The van der Waals surface area contributed by atoms with E-state index in [0.717, 1.165) is 4.90 Å². The van der Waals surface area contributed by atoms with Crippen LogP contribution in [0.25, 0.3) is 0 Å². The van der Waals surface area contributed by atoms with Gasteiger partial charge in [-0.05, 0) is 30.2 Å². The average Bonchev–Trinajstić information content (AvgIpc) is 2.59. The van der Waals surface area contributed by atoms with Gasteiger partial charge in [0.15, 0.2) is 0 Å². The summed E-state index contributed by atoms with van der Waals surface area (Å²) in [7, 11) is 0. The quantitative estimate of drug-likeness (QED) is 0.812. The number of anilines is 1. The molecule has 1 N–H and O–H groups in total. The minimum absolute atomic E-state index is 0.410. The number of urea groups is 1. The summed E-state index contributed by atoms with van der Waals surface area (Å²) in [6, 6.07) is 12.4. The lowest BCUT2D eigenvalue weighted by atomic mass is 9.76. The molecule has 3 nitrogen and oxygen atoms in total. The van der Waals surface area contributed by atoms with Crippen molar-refractivity contribution in [1.29, 1.82) is 0 Å². The molecule has 1 aliphatic heterocycles. The lowest BCUT2D eigenvalue weighted by Gasteiger charge is -2.48. The normalized spacial score (nSPS) is 19.7. The van der Waals surface area contributed by atoms with Crippen molar-refractivity contribution >= 4 is 11.7 Å². The van der Waals surface area contributed by atoms with E-state index in [1.54, 1.807) is 24.3 Å². The Hall–Kier alpha value is -2.50. The summed E-state index contributed by atoms with van der Waals surface area (Å²) in [5.74, 6) is -0.469. The average molecular weight is 348 g/mol. The van der Waals surface area contributed by atoms with Crippen molar-refractivity contribution in [3.63, 3.8) is 0 Å². The van der Waals surface area contributed by atoms with Crippen molar-refractivity contribution in [2.24, 2.45) is 0 Å². The Kier molecular flexibility index (Phi) is 4.70. The van der Waals surface area contributed by atoms with Crippen molar-refractivity contribution in [2.45, 2.75) is 31.7 Å². The van der Waals surface area contributed by atoms with E-state index in [1.807, 2.05) is 13.0 Å². The van der Waals surface area contributed by atoms with Crippen LogP contribution in [-0.4, -0.2) is 23.9 Å². The maximum absolute atomic E-state index is 14.0. The van der Waals surface area contributed by atoms with Crippen LogP contribution < -0.4 is 5.32 Å². The summed E-state index contributed by atoms with van der Waals surface area (Å²) < 4.78 is 40.5. The van der Waals surface area contributed by atoms with Crippen LogP contribution in [0.15, 0.2) is 48.5 Å². The number of hydrogen-bond acceptors (Lipinski definition) is 1. The number of carbonyl (C=O) groups excluding carboxylic acids is 1. The van der Waals surface area contributed by atoms with Gasteiger partial charge in [0, 0.05) is 11.3 Å². The van der Waals surface area contributed by atoms with Crippen LogP contribution in [0.3, 0.4) is 0 Å². The van der Waals surface area contributed by atoms with E-state index in [2.05, 4.69) is 5.32 Å². The lowest BCUT2D eigenvalue weighted by molar-refractivity contribution is 0.0552. The first kappa shape index (κ1) is 17.3. The number of rotatable bonds is 5. The number of nitrogens with one attached hydrogen (secondary N) is 1. The standard InChI is InChI=1S/C19H19F3N2O/c1-2-10-19(13-6-4-3-5-7-13)15-11-14(20)8-9-16(15)23-18(25)24(19)12-17(21)22/h3-9,11,17H,2,10,12H2,1H3,(H,23,25). The Morgan fingerprint density at radius 2 is 1.88 bits per heavy atom. The highest BCUT2D eigenvalue weighted by atomic mass is 19.3. The number of halogens is 3. The second kappa shape index (κ2) is 6.78. The molecule has 25 heavy (non-hydrogen) atoms. The Morgan fingerprint density at radius 1 is 1.16 bits per heavy atom. The van der Waals surface area contributed by atoms with E-state index >= 15 is 0 Å². The summed E-state index contributed by atoms with van der Waals surface area (Å²) in [6.07, 6.45) is -1.65. The Balaban J connectivity index is 2.31. The number of alkyl halides is 2. The van der Waals surface area contributed by atoms with E-state index < -0.39 is 30.4 Å². The molecule has 2 aromatic carbocycles. The molecule has 1 heterocycles. The fourth-order valence-corrected chi connectivity index (χ4v) is 3.65. The molecule has 2 amide bonds. The second-order valence-corrected chi connectivity index (χ2v) is 6.10. The molecule has 2 aromatic rings. The third-order valence-corrected chi connectivity index (χ3v) is 4.56. The third-order valence-electron chi connectivity index (χ3n) is 4.56. The largest absolute Gasteiger partial charge is 0.323 e. The minimum atomic E-state index is -2.69. The van der Waals surface area contributed by atoms with E-state index in [-0.39, 0.29) is 0 Å². The fraction of sp³-hybridized carbons (Fsp3) is 0.316. The molecule has 0 fully saturated rings. The smallest absolute Gasteiger partial charge is 0.307 e. The molecule has 0 aromatic heterocycles. The fourth-order valence-electron chi connectivity index (χ4n) is 3.65. The zero-order valence-electron chi connectivity index (χ0n) is 13.8. The van der Waals surface area contributed by atoms with Gasteiger partial charge in [0.1, 0.15) is 5.82 Å². The first-order valence-corrected chi connectivity index (χ1v) is 8.21. The number of carbonyl (C=O) groups is 1. The van der Waals surface area contributed by atoms with Gasteiger partial charge in [-0.25, -0.2) is 18.0 Å². The van der Waals surface area contributed by atoms with Crippen LogP contribution in [0.2, 0.25) is 0 Å². The Bertz CT molecular complexity index is 767. The van der Waals surface area contributed by atoms with Gasteiger partial charge < -0.3 is 10.2 Å². The summed E-state index contributed by atoms with van der Waals surface area (Å²) in [4.78, 5) is 13.8. The summed E-state index contributed by atoms with van der Waals surface area (Å²) in [5.41, 5.74) is 0.515.